The van der Waals surface area contributed by atoms with Crippen LogP contribution in [0.3, 0.4) is 0 Å². The van der Waals surface area contributed by atoms with Gasteiger partial charge in [-0.2, -0.15) is 0 Å². The van der Waals surface area contributed by atoms with Gasteiger partial charge in [-0.25, -0.2) is 0 Å². The van der Waals surface area contributed by atoms with Crippen LogP contribution < -0.4 is 5.32 Å². The fourth-order valence-corrected chi connectivity index (χ4v) is 3.53. The maximum absolute atomic E-state index is 10.7. The van der Waals surface area contributed by atoms with Crippen LogP contribution in [0.25, 0.3) is 0 Å². The van der Waals surface area contributed by atoms with Gasteiger partial charge in [-0.3, -0.25) is 0 Å². The van der Waals surface area contributed by atoms with E-state index in [9.17, 15) is 5.11 Å². The average Bonchev–Trinajstić information content (AvgIpc) is 2.27. The zero-order valence-electron chi connectivity index (χ0n) is 12.2. The first-order valence-corrected chi connectivity index (χ1v) is 7.58. The van der Waals surface area contributed by atoms with E-state index < -0.39 is 5.60 Å². The van der Waals surface area contributed by atoms with Crippen LogP contribution in [0.2, 0.25) is 0 Å². The minimum absolute atomic E-state index is 0.165. The van der Waals surface area contributed by atoms with Gasteiger partial charge >= 0.3 is 0 Å². The molecule has 0 amide bonds. The van der Waals surface area contributed by atoms with Gasteiger partial charge in [-0.15, -0.1) is 0 Å². The second-order valence-electron chi connectivity index (χ2n) is 7.22. The molecule has 3 heteroatoms. The number of ether oxygens (including phenoxy) is 1. The van der Waals surface area contributed by atoms with Gasteiger partial charge < -0.3 is 15.2 Å². The topological polar surface area (TPSA) is 46.1 Å². The molecular weight excluding hydrogens is 226 g/mol. The molecule has 1 saturated heterocycles. The molecule has 1 aliphatic heterocycles. The highest BCUT2D eigenvalue weighted by Gasteiger charge is 2.41. The first-order chi connectivity index (χ1) is 8.39. The van der Waals surface area contributed by atoms with Gasteiger partial charge in [0.05, 0.1) is 18.2 Å². The van der Waals surface area contributed by atoms with Crippen molar-refractivity contribution in [2.24, 2.45) is 5.92 Å². The molecule has 2 rings (SSSR count). The van der Waals surface area contributed by atoms with Gasteiger partial charge in [0.2, 0.25) is 0 Å². The van der Waals surface area contributed by atoms with Gasteiger partial charge in [0.25, 0.3) is 0 Å². The summed E-state index contributed by atoms with van der Waals surface area (Å²) in [5.74, 6) is 0.903. The van der Waals surface area contributed by atoms with E-state index >= 15 is 0 Å². The van der Waals surface area contributed by atoms with Gasteiger partial charge in [0.1, 0.15) is 12.1 Å². The number of hydrogen-bond donors (Lipinski definition) is 2. The highest BCUT2D eigenvalue weighted by atomic mass is 16.5. The number of hydrogen-bond acceptors (Lipinski definition) is 2. The lowest BCUT2D eigenvalue weighted by Gasteiger charge is -2.41. The van der Waals surface area contributed by atoms with Crippen molar-refractivity contribution in [3.63, 3.8) is 0 Å². The first kappa shape index (κ1) is 14.3. The molecule has 0 aromatic rings. The van der Waals surface area contributed by atoms with Crippen LogP contribution in [0.15, 0.2) is 0 Å². The Balaban J connectivity index is 1.78. The van der Waals surface area contributed by atoms with Gasteiger partial charge in [-0.1, -0.05) is 6.92 Å². The maximum Gasteiger partial charge on any atom is 0.118 e. The highest BCUT2D eigenvalue weighted by Crippen LogP contribution is 2.31. The molecule has 106 valence electrons. The molecule has 0 aromatic carbocycles. The zero-order chi connectivity index (χ0) is 13.2. The second-order valence-corrected chi connectivity index (χ2v) is 7.22. The molecule has 1 atom stereocenters. The third-order valence-corrected chi connectivity index (χ3v) is 4.71. The Morgan fingerprint density at radius 3 is 2.50 bits per heavy atom. The van der Waals surface area contributed by atoms with E-state index in [2.05, 4.69) is 26.1 Å². The smallest absolute Gasteiger partial charge is 0.118 e. The van der Waals surface area contributed by atoms with E-state index in [1.165, 1.54) is 25.7 Å². The SMILES string of the molecule is CC1CCC([NH2+]C[C@@]2(O)CCOC(C)(C)C2)CC1. The Bertz CT molecular complexity index is 272. The van der Waals surface area contributed by atoms with E-state index in [0.717, 1.165) is 31.3 Å². The summed E-state index contributed by atoms with van der Waals surface area (Å²) in [5, 5.41) is 13.1. The summed E-state index contributed by atoms with van der Waals surface area (Å²) in [6, 6.07) is 0.733. The Labute approximate surface area is 111 Å². The van der Waals surface area contributed by atoms with Crippen LogP contribution in [-0.2, 0) is 4.74 Å². The molecule has 1 saturated carbocycles. The maximum atomic E-state index is 10.7. The summed E-state index contributed by atoms with van der Waals surface area (Å²) in [6.45, 7) is 8.06. The number of nitrogens with two attached hydrogens (primary N) is 1. The molecule has 0 bridgehead atoms. The molecule has 1 aliphatic carbocycles. The predicted molar refractivity (Wildman–Crippen MR) is 72.4 cm³/mol. The lowest BCUT2D eigenvalue weighted by atomic mass is 9.83. The molecule has 2 fully saturated rings. The molecule has 0 aromatic heterocycles. The first-order valence-electron chi connectivity index (χ1n) is 7.58. The quantitative estimate of drug-likeness (QED) is 0.803. The molecule has 2 aliphatic rings. The summed E-state index contributed by atoms with van der Waals surface area (Å²) in [6.07, 6.45) is 6.90. The minimum atomic E-state index is -0.523. The van der Waals surface area contributed by atoms with Gasteiger partial charge in [-0.05, 0) is 45.4 Å². The van der Waals surface area contributed by atoms with E-state index in [1.54, 1.807) is 0 Å². The van der Waals surface area contributed by atoms with Crippen LogP contribution in [0.1, 0.15) is 59.3 Å². The Hall–Kier alpha value is -0.120. The van der Waals surface area contributed by atoms with E-state index in [0.29, 0.717) is 6.61 Å². The predicted octanol–water partition coefficient (Wildman–Crippen LogP) is 1.45. The largest absolute Gasteiger partial charge is 0.384 e. The lowest BCUT2D eigenvalue weighted by Crippen LogP contribution is -2.94. The summed E-state index contributed by atoms with van der Waals surface area (Å²) in [5.41, 5.74) is -0.688. The van der Waals surface area contributed by atoms with Crippen LogP contribution in [0, 0.1) is 5.92 Å². The van der Waals surface area contributed by atoms with Gasteiger partial charge in [0.15, 0.2) is 0 Å². The van der Waals surface area contributed by atoms with Crippen molar-refractivity contribution >= 4 is 0 Å². The van der Waals surface area contributed by atoms with Gasteiger partial charge in [0, 0.05) is 12.8 Å². The molecular formula is C15H30NO2+. The van der Waals surface area contributed by atoms with Crippen molar-refractivity contribution in [3.05, 3.63) is 0 Å². The van der Waals surface area contributed by atoms with Crippen LogP contribution >= 0.6 is 0 Å². The van der Waals surface area contributed by atoms with Crippen LogP contribution in [-0.4, -0.2) is 35.5 Å². The molecule has 1 heterocycles. The van der Waals surface area contributed by atoms with Crippen molar-refractivity contribution in [2.75, 3.05) is 13.2 Å². The Morgan fingerprint density at radius 1 is 1.22 bits per heavy atom. The van der Waals surface area contributed by atoms with Crippen molar-refractivity contribution in [1.29, 1.82) is 0 Å². The molecule has 3 N–H and O–H groups in total. The molecule has 0 spiro atoms. The van der Waals surface area contributed by atoms with Crippen molar-refractivity contribution < 1.29 is 15.2 Å². The van der Waals surface area contributed by atoms with E-state index in [4.69, 9.17) is 4.74 Å². The molecule has 3 nitrogen and oxygen atoms in total. The number of quaternary nitrogens is 1. The highest BCUT2D eigenvalue weighted by molar-refractivity contribution is 4.89. The molecule has 0 radical (unpaired) electrons. The standard InChI is InChI=1S/C15H29NO2/c1-12-4-6-13(7-5-12)16-11-15(17)8-9-18-14(2,3)10-15/h12-13,16-17H,4-11H2,1-3H3/p+1/t12?,13?,15-/m1/s1. The normalized spacial score (nSPS) is 40.7. The third-order valence-electron chi connectivity index (χ3n) is 4.71. The van der Waals surface area contributed by atoms with Crippen LogP contribution in [0.4, 0.5) is 0 Å². The summed E-state index contributed by atoms with van der Waals surface area (Å²) in [4.78, 5) is 0. The van der Waals surface area contributed by atoms with E-state index in [1.807, 2.05) is 0 Å². The average molecular weight is 256 g/mol. The Morgan fingerprint density at radius 2 is 1.89 bits per heavy atom. The zero-order valence-corrected chi connectivity index (χ0v) is 12.2. The summed E-state index contributed by atoms with van der Waals surface area (Å²) in [7, 11) is 0. The van der Waals surface area contributed by atoms with Crippen LogP contribution in [0.5, 0.6) is 0 Å². The molecule has 0 unspecified atom stereocenters. The second kappa shape index (κ2) is 5.48. The fraction of sp³-hybridized carbons (Fsp3) is 1.00. The summed E-state index contributed by atoms with van der Waals surface area (Å²) < 4.78 is 5.69. The number of rotatable bonds is 3. The number of aliphatic hydroxyl groups is 1. The lowest BCUT2D eigenvalue weighted by molar-refractivity contribution is -0.704. The van der Waals surface area contributed by atoms with Crippen molar-refractivity contribution in [2.45, 2.75) is 76.5 Å². The minimum Gasteiger partial charge on any atom is -0.384 e. The molecule has 18 heavy (non-hydrogen) atoms. The third kappa shape index (κ3) is 3.94. The monoisotopic (exact) mass is 256 g/mol. The van der Waals surface area contributed by atoms with Crippen molar-refractivity contribution in [1.82, 2.24) is 0 Å². The van der Waals surface area contributed by atoms with E-state index in [-0.39, 0.29) is 5.60 Å². The fourth-order valence-electron chi connectivity index (χ4n) is 3.53. The Kier molecular flexibility index (Phi) is 4.35. The summed E-state index contributed by atoms with van der Waals surface area (Å²) >= 11 is 0. The van der Waals surface area contributed by atoms with Crippen molar-refractivity contribution in [3.8, 4) is 0 Å².